The van der Waals surface area contributed by atoms with E-state index in [0.29, 0.717) is 13.2 Å². The lowest BCUT2D eigenvalue weighted by molar-refractivity contribution is -0.139. The molecule has 1 saturated heterocycles. The van der Waals surface area contributed by atoms with Crippen molar-refractivity contribution >= 4 is 12.0 Å². The molecule has 1 aliphatic rings. The maximum absolute atomic E-state index is 11.9. The molecule has 102 valence electrons. The number of carboxylic acid groups (broad SMARTS) is 1. The summed E-state index contributed by atoms with van der Waals surface area (Å²) in [5.74, 6) is -1.11. The number of carboxylic acids is 1. The molecule has 0 saturated carbocycles. The van der Waals surface area contributed by atoms with Gasteiger partial charge in [0.2, 0.25) is 0 Å². The second-order valence-electron chi connectivity index (χ2n) is 3.97. The van der Waals surface area contributed by atoms with Crippen LogP contribution in [0, 0.1) is 0 Å². The van der Waals surface area contributed by atoms with Crippen molar-refractivity contribution < 1.29 is 24.5 Å². The third kappa shape index (κ3) is 3.71. The summed E-state index contributed by atoms with van der Waals surface area (Å²) in [5, 5.41) is 20.4. The lowest BCUT2D eigenvalue weighted by Crippen LogP contribution is -2.56. The topological polar surface area (TPSA) is 99.1 Å². The van der Waals surface area contributed by atoms with Crippen molar-refractivity contribution in [1.82, 2.24) is 10.2 Å². The molecule has 2 amide bonds. The quantitative estimate of drug-likeness (QED) is 0.573. The number of nitrogens with zero attached hydrogens (tertiary/aromatic N) is 1. The lowest BCUT2D eigenvalue weighted by Gasteiger charge is -2.35. The summed E-state index contributed by atoms with van der Waals surface area (Å²) >= 11 is 0. The van der Waals surface area contributed by atoms with E-state index in [-0.39, 0.29) is 19.6 Å². The SMILES string of the molecule is C=CCC(NC(=O)N1CCOCC1CO)C(=O)O. The molecule has 0 aromatic carbocycles. The van der Waals surface area contributed by atoms with Crippen molar-refractivity contribution in [2.24, 2.45) is 0 Å². The Morgan fingerprint density at radius 3 is 2.89 bits per heavy atom. The molecule has 0 aromatic heterocycles. The first-order valence-corrected chi connectivity index (χ1v) is 5.69. The fraction of sp³-hybridized carbons (Fsp3) is 0.636. The van der Waals surface area contributed by atoms with Gasteiger partial charge in [0.1, 0.15) is 6.04 Å². The van der Waals surface area contributed by atoms with Gasteiger partial charge in [0.25, 0.3) is 0 Å². The number of aliphatic hydroxyl groups excluding tert-OH is 1. The molecule has 18 heavy (non-hydrogen) atoms. The van der Waals surface area contributed by atoms with Crippen molar-refractivity contribution in [2.45, 2.75) is 18.5 Å². The highest BCUT2D eigenvalue weighted by atomic mass is 16.5. The number of hydrogen-bond donors (Lipinski definition) is 3. The van der Waals surface area contributed by atoms with Crippen LogP contribution in [-0.2, 0) is 9.53 Å². The van der Waals surface area contributed by atoms with Crippen LogP contribution in [0.25, 0.3) is 0 Å². The number of carbonyl (C=O) groups is 2. The van der Waals surface area contributed by atoms with E-state index in [1.807, 2.05) is 0 Å². The van der Waals surface area contributed by atoms with E-state index >= 15 is 0 Å². The van der Waals surface area contributed by atoms with E-state index in [1.165, 1.54) is 11.0 Å². The molecule has 0 radical (unpaired) electrons. The molecule has 1 heterocycles. The molecule has 0 bridgehead atoms. The molecule has 7 heteroatoms. The Labute approximate surface area is 105 Å². The van der Waals surface area contributed by atoms with Gasteiger partial charge in [-0.1, -0.05) is 6.08 Å². The molecule has 1 aliphatic heterocycles. The highest BCUT2D eigenvalue weighted by Crippen LogP contribution is 2.07. The predicted molar refractivity (Wildman–Crippen MR) is 63.2 cm³/mol. The highest BCUT2D eigenvalue weighted by Gasteiger charge is 2.29. The number of hydrogen-bond acceptors (Lipinski definition) is 4. The van der Waals surface area contributed by atoms with E-state index < -0.39 is 24.1 Å². The number of morpholine rings is 1. The molecule has 7 nitrogen and oxygen atoms in total. The van der Waals surface area contributed by atoms with Crippen LogP contribution < -0.4 is 5.32 Å². The van der Waals surface area contributed by atoms with Crippen LogP contribution in [0.4, 0.5) is 4.79 Å². The van der Waals surface area contributed by atoms with Crippen LogP contribution in [0.2, 0.25) is 0 Å². The van der Waals surface area contributed by atoms with E-state index in [4.69, 9.17) is 14.9 Å². The monoisotopic (exact) mass is 258 g/mol. The number of aliphatic carboxylic acids is 1. The normalized spacial score (nSPS) is 21.2. The Bertz CT molecular complexity index is 321. The summed E-state index contributed by atoms with van der Waals surface area (Å²) in [7, 11) is 0. The first-order valence-electron chi connectivity index (χ1n) is 5.69. The van der Waals surface area contributed by atoms with Crippen molar-refractivity contribution in [3.05, 3.63) is 12.7 Å². The minimum atomic E-state index is -1.11. The zero-order valence-corrected chi connectivity index (χ0v) is 10.0. The fourth-order valence-corrected chi connectivity index (χ4v) is 1.69. The lowest BCUT2D eigenvalue weighted by atomic mass is 10.2. The number of urea groups is 1. The predicted octanol–water partition coefficient (Wildman–Crippen LogP) is -0.582. The van der Waals surface area contributed by atoms with E-state index in [1.54, 1.807) is 0 Å². The Morgan fingerprint density at radius 1 is 1.61 bits per heavy atom. The van der Waals surface area contributed by atoms with Gasteiger partial charge in [-0.2, -0.15) is 0 Å². The molecular formula is C11H18N2O5. The number of aliphatic hydroxyl groups is 1. The Morgan fingerprint density at radius 2 is 2.33 bits per heavy atom. The van der Waals surface area contributed by atoms with Gasteiger partial charge in [0.15, 0.2) is 0 Å². The molecule has 3 N–H and O–H groups in total. The molecule has 0 spiro atoms. The Balaban J connectivity index is 2.61. The second-order valence-corrected chi connectivity index (χ2v) is 3.97. The summed E-state index contributed by atoms with van der Waals surface area (Å²) in [6, 6.07) is -1.94. The average Bonchev–Trinajstić information content (AvgIpc) is 2.37. The van der Waals surface area contributed by atoms with Gasteiger partial charge in [-0.05, 0) is 6.42 Å². The average molecular weight is 258 g/mol. The third-order valence-corrected chi connectivity index (χ3v) is 2.70. The van der Waals surface area contributed by atoms with Gasteiger partial charge in [-0.3, -0.25) is 0 Å². The molecule has 2 atom stereocenters. The van der Waals surface area contributed by atoms with Gasteiger partial charge < -0.3 is 25.2 Å². The molecule has 1 rings (SSSR count). The molecule has 0 aliphatic carbocycles. The number of nitrogens with one attached hydrogen (secondary N) is 1. The van der Waals surface area contributed by atoms with Gasteiger partial charge in [-0.15, -0.1) is 6.58 Å². The van der Waals surface area contributed by atoms with Crippen LogP contribution in [0.15, 0.2) is 12.7 Å². The second kappa shape index (κ2) is 6.97. The zero-order chi connectivity index (χ0) is 13.5. The zero-order valence-electron chi connectivity index (χ0n) is 10.0. The fourth-order valence-electron chi connectivity index (χ4n) is 1.69. The standard InChI is InChI=1S/C11H18N2O5/c1-2-3-9(10(15)16)12-11(17)13-4-5-18-7-8(13)6-14/h2,8-9,14H,1,3-7H2,(H,12,17)(H,15,16). The van der Waals surface area contributed by atoms with Crippen LogP contribution >= 0.6 is 0 Å². The minimum Gasteiger partial charge on any atom is -0.480 e. The summed E-state index contributed by atoms with van der Waals surface area (Å²) in [4.78, 5) is 24.2. The smallest absolute Gasteiger partial charge is 0.326 e. The summed E-state index contributed by atoms with van der Waals surface area (Å²) < 4.78 is 5.14. The van der Waals surface area contributed by atoms with Crippen molar-refractivity contribution in [3.8, 4) is 0 Å². The van der Waals surface area contributed by atoms with Crippen LogP contribution in [0.1, 0.15) is 6.42 Å². The van der Waals surface area contributed by atoms with E-state index in [9.17, 15) is 9.59 Å². The van der Waals surface area contributed by atoms with E-state index in [2.05, 4.69) is 11.9 Å². The van der Waals surface area contributed by atoms with Gasteiger partial charge in [-0.25, -0.2) is 9.59 Å². The van der Waals surface area contributed by atoms with Crippen LogP contribution in [-0.4, -0.2) is 65.6 Å². The Hall–Kier alpha value is -1.60. The number of carbonyl (C=O) groups excluding carboxylic acids is 1. The summed E-state index contributed by atoms with van der Waals surface area (Å²) in [5.41, 5.74) is 0. The summed E-state index contributed by atoms with van der Waals surface area (Å²) in [6.07, 6.45) is 1.58. The van der Waals surface area contributed by atoms with Gasteiger partial charge >= 0.3 is 12.0 Å². The molecule has 2 unspecified atom stereocenters. The van der Waals surface area contributed by atoms with Gasteiger partial charge in [0.05, 0.1) is 25.9 Å². The largest absolute Gasteiger partial charge is 0.480 e. The number of ether oxygens (including phenoxy) is 1. The minimum absolute atomic E-state index is 0.148. The van der Waals surface area contributed by atoms with Crippen LogP contribution in [0.5, 0.6) is 0 Å². The van der Waals surface area contributed by atoms with Crippen molar-refractivity contribution in [1.29, 1.82) is 0 Å². The first-order chi connectivity index (χ1) is 8.60. The van der Waals surface area contributed by atoms with E-state index in [0.717, 1.165) is 0 Å². The maximum atomic E-state index is 11.9. The van der Waals surface area contributed by atoms with Crippen molar-refractivity contribution in [2.75, 3.05) is 26.4 Å². The third-order valence-electron chi connectivity index (χ3n) is 2.70. The maximum Gasteiger partial charge on any atom is 0.326 e. The molecule has 1 fully saturated rings. The Kier molecular flexibility index (Phi) is 5.60. The highest BCUT2D eigenvalue weighted by molar-refractivity contribution is 5.82. The van der Waals surface area contributed by atoms with Gasteiger partial charge in [0, 0.05) is 6.54 Å². The summed E-state index contributed by atoms with van der Waals surface area (Å²) in [6.45, 7) is 4.19. The first kappa shape index (κ1) is 14.5. The molecular weight excluding hydrogens is 240 g/mol. The van der Waals surface area contributed by atoms with Crippen molar-refractivity contribution in [3.63, 3.8) is 0 Å². The molecule has 0 aromatic rings. The number of amides is 2. The van der Waals surface area contributed by atoms with Crippen LogP contribution in [0.3, 0.4) is 0 Å². The number of rotatable bonds is 5.